The highest BCUT2D eigenvalue weighted by Gasteiger charge is 2.36. The number of nitrogens with two attached hydrogens (primary N) is 1. The van der Waals surface area contributed by atoms with Crippen LogP contribution in [0.4, 0.5) is 4.39 Å². The molecule has 1 saturated carbocycles. The fraction of sp³-hybridized carbons (Fsp3) is 0.667. The average Bonchev–Trinajstić information content (AvgIpc) is 2.61. The molecule has 2 N–H and O–H groups in total. The molecule has 0 heterocycles. The van der Waals surface area contributed by atoms with Gasteiger partial charge in [-0.25, -0.2) is 4.39 Å². The summed E-state index contributed by atoms with van der Waals surface area (Å²) < 4.78 is 19.1. The van der Waals surface area contributed by atoms with Crippen LogP contribution < -0.4 is 10.5 Å². The smallest absolute Gasteiger partial charge is 0.124 e. The molecule has 0 spiro atoms. The Morgan fingerprint density at radius 3 is 2.57 bits per heavy atom. The van der Waals surface area contributed by atoms with Crippen LogP contribution in [0, 0.1) is 17.2 Å². The molecular formula is C18H28FNO. The molecule has 1 fully saturated rings. The van der Waals surface area contributed by atoms with Gasteiger partial charge in [0, 0.05) is 11.1 Å². The molecule has 2 unspecified atom stereocenters. The van der Waals surface area contributed by atoms with Gasteiger partial charge in [0.25, 0.3) is 0 Å². The fourth-order valence-electron chi connectivity index (χ4n) is 3.57. The Hall–Kier alpha value is -1.09. The second kappa shape index (κ2) is 5.96. The molecule has 118 valence electrons. The number of benzene rings is 1. The first-order chi connectivity index (χ1) is 9.76. The third-order valence-electron chi connectivity index (χ3n) is 5.04. The summed E-state index contributed by atoms with van der Waals surface area (Å²) in [6.45, 7) is 6.89. The summed E-state index contributed by atoms with van der Waals surface area (Å²) in [7, 11) is 1.62. The van der Waals surface area contributed by atoms with Crippen molar-refractivity contribution in [2.75, 3.05) is 7.11 Å². The van der Waals surface area contributed by atoms with Crippen molar-refractivity contribution in [3.8, 4) is 5.75 Å². The quantitative estimate of drug-likeness (QED) is 0.808. The number of methoxy groups -OCH3 is 1. The molecule has 0 saturated heterocycles. The predicted molar refractivity (Wildman–Crippen MR) is 84.8 cm³/mol. The number of ether oxygens (including phenoxy) is 1. The maximum absolute atomic E-state index is 13.7. The lowest BCUT2D eigenvalue weighted by Crippen LogP contribution is -2.36. The lowest BCUT2D eigenvalue weighted by Gasteiger charge is -2.32. The van der Waals surface area contributed by atoms with Crippen molar-refractivity contribution in [3.05, 3.63) is 29.6 Å². The van der Waals surface area contributed by atoms with E-state index in [-0.39, 0.29) is 5.82 Å². The van der Waals surface area contributed by atoms with Crippen LogP contribution in [0.15, 0.2) is 18.2 Å². The van der Waals surface area contributed by atoms with Gasteiger partial charge in [0.05, 0.1) is 7.11 Å². The topological polar surface area (TPSA) is 35.2 Å². The van der Waals surface area contributed by atoms with E-state index in [1.54, 1.807) is 19.2 Å². The zero-order chi connectivity index (χ0) is 15.7. The molecule has 1 aliphatic rings. The van der Waals surface area contributed by atoms with Gasteiger partial charge in [0.15, 0.2) is 0 Å². The highest BCUT2D eigenvalue weighted by atomic mass is 19.1. The van der Waals surface area contributed by atoms with Crippen LogP contribution in [0.5, 0.6) is 5.75 Å². The van der Waals surface area contributed by atoms with Crippen molar-refractivity contribution in [2.45, 2.75) is 58.4 Å². The van der Waals surface area contributed by atoms with E-state index in [0.717, 1.165) is 31.2 Å². The lowest BCUT2D eigenvalue weighted by atomic mass is 9.75. The van der Waals surface area contributed by atoms with Gasteiger partial charge in [-0.05, 0) is 55.2 Å². The second-order valence-corrected chi connectivity index (χ2v) is 7.49. The molecule has 21 heavy (non-hydrogen) atoms. The maximum Gasteiger partial charge on any atom is 0.124 e. The van der Waals surface area contributed by atoms with E-state index in [4.69, 9.17) is 10.5 Å². The van der Waals surface area contributed by atoms with Gasteiger partial charge in [-0.1, -0.05) is 27.2 Å². The summed E-state index contributed by atoms with van der Waals surface area (Å²) in [5, 5.41) is 0. The minimum Gasteiger partial charge on any atom is -0.496 e. The Morgan fingerprint density at radius 1 is 1.24 bits per heavy atom. The standard InChI is InChI=1S/C18H28FNO/c1-17(2,3)13-6-5-10-18(20,11-9-13)15-12-14(19)7-8-16(15)21-4/h7-8,12-13H,5-6,9-11,20H2,1-4H3. The Labute approximate surface area is 127 Å². The minimum absolute atomic E-state index is 0.243. The average molecular weight is 293 g/mol. The summed E-state index contributed by atoms with van der Waals surface area (Å²) in [5.74, 6) is 1.13. The van der Waals surface area contributed by atoms with Crippen molar-refractivity contribution in [2.24, 2.45) is 17.1 Å². The van der Waals surface area contributed by atoms with Crippen LogP contribution >= 0.6 is 0 Å². The maximum atomic E-state index is 13.7. The molecule has 0 radical (unpaired) electrons. The highest BCUT2D eigenvalue weighted by molar-refractivity contribution is 5.39. The van der Waals surface area contributed by atoms with Crippen molar-refractivity contribution in [1.29, 1.82) is 0 Å². The molecule has 0 aliphatic heterocycles. The molecule has 3 heteroatoms. The first kappa shape index (κ1) is 16.3. The monoisotopic (exact) mass is 293 g/mol. The lowest BCUT2D eigenvalue weighted by molar-refractivity contribution is 0.210. The largest absolute Gasteiger partial charge is 0.496 e. The van der Waals surface area contributed by atoms with E-state index >= 15 is 0 Å². The molecule has 1 aromatic rings. The van der Waals surface area contributed by atoms with Gasteiger partial charge < -0.3 is 10.5 Å². The molecule has 1 aromatic carbocycles. The van der Waals surface area contributed by atoms with Crippen LogP contribution in [-0.4, -0.2) is 7.11 Å². The van der Waals surface area contributed by atoms with Crippen LogP contribution in [0.1, 0.15) is 58.4 Å². The third-order valence-corrected chi connectivity index (χ3v) is 5.04. The summed E-state index contributed by atoms with van der Waals surface area (Å²) in [6, 6.07) is 4.67. The van der Waals surface area contributed by atoms with Gasteiger partial charge in [0.1, 0.15) is 11.6 Å². The van der Waals surface area contributed by atoms with Gasteiger partial charge in [-0.15, -0.1) is 0 Å². The first-order valence-electron chi connectivity index (χ1n) is 7.89. The highest BCUT2D eigenvalue weighted by Crippen LogP contribution is 2.44. The Balaban J connectivity index is 2.29. The van der Waals surface area contributed by atoms with E-state index in [9.17, 15) is 4.39 Å². The molecule has 1 aliphatic carbocycles. The van der Waals surface area contributed by atoms with E-state index in [2.05, 4.69) is 20.8 Å². The Bertz CT molecular complexity index is 494. The Morgan fingerprint density at radius 2 is 1.95 bits per heavy atom. The Kier molecular flexibility index (Phi) is 4.62. The minimum atomic E-state index is -0.479. The molecule has 0 aromatic heterocycles. The normalized spacial score (nSPS) is 27.2. The summed E-state index contributed by atoms with van der Waals surface area (Å²) in [4.78, 5) is 0. The van der Waals surface area contributed by atoms with Gasteiger partial charge in [-0.2, -0.15) is 0 Å². The van der Waals surface area contributed by atoms with E-state index in [0.29, 0.717) is 17.1 Å². The molecule has 2 atom stereocenters. The zero-order valence-corrected chi connectivity index (χ0v) is 13.7. The SMILES string of the molecule is COc1ccc(F)cc1C1(N)CCCC(C(C)(C)C)CC1. The number of rotatable bonds is 2. The van der Waals surface area contributed by atoms with E-state index < -0.39 is 5.54 Å². The number of halogens is 1. The van der Waals surface area contributed by atoms with E-state index in [1.165, 1.54) is 12.5 Å². The molecule has 0 amide bonds. The zero-order valence-electron chi connectivity index (χ0n) is 13.7. The van der Waals surface area contributed by atoms with Crippen molar-refractivity contribution >= 4 is 0 Å². The van der Waals surface area contributed by atoms with Gasteiger partial charge >= 0.3 is 0 Å². The second-order valence-electron chi connectivity index (χ2n) is 7.49. The van der Waals surface area contributed by atoms with Gasteiger partial charge in [0.2, 0.25) is 0 Å². The fourth-order valence-corrected chi connectivity index (χ4v) is 3.57. The molecular weight excluding hydrogens is 265 g/mol. The van der Waals surface area contributed by atoms with Crippen LogP contribution in [0.3, 0.4) is 0 Å². The van der Waals surface area contributed by atoms with Crippen LogP contribution in [-0.2, 0) is 5.54 Å². The van der Waals surface area contributed by atoms with Crippen LogP contribution in [0.25, 0.3) is 0 Å². The van der Waals surface area contributed by atoms with Crippen LogP contribution in [0.2, 0.25) is 0 Å². The van der Waals surface area contributed by atoms with Gasteiger partial charge in [-0.3, -0.25) is 0 Å². The number of hydrogen-bond donors (Lipinski definition) is 1. The third kappa shape index (κ3) is 3.57. The summed E-state index contributed by atoms with van der Waals surface area (Å²) >= 11 is 0. The van der Waals surface area contributed by atoms with Crippen molar-refractivity contribution in [1.82, 2.24) is 0 Å². The predicted octanol–water partition coefficient (Wildman–Crippen LogP) is 4.61. The summed E-state index contributed by atoms with van der Waals surface area (Å²) in [6.07, 6.45) is 5.13. The van der Waals surface area contributed by atoms with Crippen molar-refractivity contribution < 1.29 is 9.13 Å². The first-order valence-corrected chi connectivity index (χ1v) is 7.89. The van der Waals surface area contributed by atoms with Crippen molar-refractivity contribution in [3.63, 3.8) is 0 Å². The van der Waals surface area contributed by atoms with E-state index in [1.807, 2.05) is 0 Å². The molecule has 0 bridgehead atoms. The molecule has 2 nitrogen and oxygen atoms in total. The summed E-state index contributed by atoms with van der Waals surface area (Å²) in [5.41, 5.74) is 7.33. The molecule has 2 rings (SSSR count). The number of hydrogen-bond acceptors (Lipinski definition) is 2.